The molecule has 0 aromatic carbocycles. The summed E-state index contributed by atoms with van der Waals surface area (Å²) in [5.41, 5.74) is 0.296. The zero-order valence-corrected chi connectivity index (χ0v) is 7.61. The molecule has 1 unspecified atom stereocenters. The predicted octanol–water partition coefficient (Wildman–Crippen LogP) is 2.30. The van der Waals surface area contributed by atoms with Gasteiger partial charge in [-0.15, -0.1) is 11.3 Å². The maximum Gasteiger partial charge on any atom is 0.395 e. The van der Waals surface area contributed by atoms with Gasteiger partial charge in [0.25, 0.3) is 0 Å². The SMILES string of the molecule is CC(O)c1csc(CC(F)(F)F)n1. The molecule has 0 aliphatic heterocycles. The van der Waals surface area contributed by atoms with E-state index in [2.05, 4.69) is 4.98 Å². The van der Waals surface area contributed by atoms with Crippen LogP contribution < -0.4 is 0 Å². The van der Waals surface area contributed by atoms with Crippen molar-refractivity contribution in [2.75, 3.05) is 0 Å². The molecular formula is C7H8F3NOS. The molecule has 2 nitrogen and oxygen atoms in total. The highest BCUT2D eigenvalue weighted by molar-refractivity contribution is 7.09. The first kappa shape index (κ1) is 10.5. The van der Waals surface area contributed by atoms with Crippen molar-refractivity contribution in [1.82, 2.24) is 4.98 Å². The molecule has 6 heteroatoms. The van der Waals surface area contributed by atoms with Crippen LogP contribution in [-0.4, -0.2) is 16.3 Å². The highest BCUT2D eigenvalue weighted by Gasteiger charge is 2.29. The van der Waals surface area contributed by atoms with Crippen molar-refractivity contribution in [3.8, 4) is 0 Å². The van der Waals surface area contributed by atoms with Crippen LogP contribution in [0, 0.1) is 0 Å². The summed E-state index contributed by atoms with van der Waals surface area (Å²) < 4.78 is 35.6. The third kappa shape index (κ3) is 3.31. The van der Waals surface area contributed by atoms with Gasteiger partial charge in [0.2, 0.25) is 0 Å². The summed E-state index contributed by atoms with van der Waals surface area (Å²) in [4.78, 5) is 3.64. The van der Waals surface area contributed by atoms with E-state index in [0.29, 0.717) is 5.69 Å². The Bertz CT molecular complexity index is 282. The van der Waals surface area contributed by atoms with Crippen LogP contribution in [0.1, 0.15) is 23.7 Å². The molecule has 0 fully saturated rings. The Balaban J connectivity index is 2.70. The second kappa shape index (κ2) is 3.63. The fourth-order valence-electron chi connectivity index (χ4n) is 0.770. The Labute approximate surface area is 77.0 Å². The predicted molar refractivity (Wildman–Crippen MR) is 42.5 cm³/mol. The average molecular weight is 211 g/mol. The first-order chi connectivity index (χ1) is 5.88. The van der Waals surface area contributed by atoms with Crippen LogP contribution in [0.5, 0.6) is 0 Å². The summed E-state index contributed by atoms with van der Waals surface area (Å²) in [6.07, 6.45) is -6.06. The molecule has 1 rings (SSSR count). The Morgan fingerprint density at radius 1 is 1.62 bits per heavy atom. The lowest BCUT2D eigenvalue weighted by Gasteiger charge is -2.02. The lowest BCUT2D eigenvalue weighted by Crippen LogP contribution is -2.11. The lowest BCUT2D eigenvalue weighted by molar-refractivity contribution is -0.127. The van der Waals surface area contributed by atoms with Crippen molar-refractivity contribution in [3.63, 3.8) is 0 Å². The van der Waals surface area contributed by atoms with E-state index in [1.54, 1.807) is 0 Å². The summed E-state index contributed by atoms with van der Waals surface area (Å²) in [6.45, 7) is 1.46. The van der Waals surface area contributed by atoms with Crippen molar-refractivity contribution in [2.45, 2.75) is 25.6 Å². The van der Waals surface area contributed by atoms with Gasteiger partial charge in [0.05, 0.1) is 18.2 Å². The summed E-state index contributed by atoms with van der Waals surface area (Å²) in [5, 5.41) is 10.4. The Kier molecular flexibility index (Phi) is 2.92. The molecule has 0 saturated heterocycles. The minimum absolute atomic E-state index is 0.0107. The van der Waals surface area contributed by atoms with E-state index in [9.17, 15) is 13.2 Å². The summed E-state index contributed by atoms with van der Waals surface area (Å²) in [5.74, 6) is 0. The van der Waals surface area contributed by atoms with Gasteiger partial charge in [-0.25, -0.2) is 4.98 Å². The molecule has 1 heterocycles. The molecule has 0 saturated carbocycles. The van der Waals surface area contributed by atoms with Gasteiger partial charge in [0.1, 0.15) is 5.01 Å². The number of alkyl halides is 3. The quantitative estimate of drug-likeness (QED) is 0.814. The van der Waals surface area contributed by atoms with Gasteiger partial charge in [0, 0.05) is 5.38 Å². The first-order valence-corrected chi connectivity index (χ1v) is 4.45. The topological polar surface area (TPSA) is 33.1 Å². The van der Waals surface area contributed by atoms with Gasteiger partial charge < -0.3 is 5.11 Å². The van der Waals surface area contributed by atoms with Crippen LogP contribution in [0.4, 0.5) is 13.2 Å². The van der Waals surface area contributed by atoms with Gasteiger partial charge in [-0.1, -0.05) is 0 Å². The number of aromatic nitrogens is 1. The highest BCUT2D eigenvalue weighted by atomic mass is 32.1. The molecular weight excluding hydrogens is 203 g/mol. The number of hydrogen-bond donors (Lipinski definition) is 1. The van der Waals surface area contributed by atoms with E-state index in [0.717, 1.165) is 11.3 Å². The van der Waals surface area contributed by atoms with E-state index < -0.39 is 18.7 Å². The first-order valence-electron chi connectivity index (χ1n) is 3.57. The summed E-state index contributed by atoms with van der Waals surface area (Å²) >= 11 is 0.914. The van der Waals surface area contributed by atoms with Gasteiger partial charge in [-0.2, -0.15) is 13.2 Å². The number of aliphatic hydroxyl groups excluding tert-OH is 1. The van der Waals surface area contributed by atoms with Crippen LogP contribution >= 0.6 is 11.3 Å². The van der Waals surface area contributed by atoms with E-state index in [-0.39, 0.29) is 5.01 Å². The van der Waals surface area contributed by atoms with Crippen LogP contribution in [0.15, 0.2) is 5.38 Å². The molecule has 0 aliphatic carbocycles. The molecule has 74 valence electrons. The number of halogens is 3. The fourth-order valence-corrected chi connectivity index (χ4v) is 1.68. The number of rotatable bonds is 2. The third-order valence-electron chi connectivity index (χ3n) is 1.35. The Morgan fingerprint density at radius 3 is 2.62 bits per heavy atom. The average Bonchev–Trinajstić information content (AvgIpc) is 2.31. The number of aliphatic hydroxyl groups is 1. The highest BCUT2D eigenvalue weighted by Crippen LogP contribution is 2.24. The van der Waals surface area contributed by atoms with E-state index in [1.165, 1.54) is 12.3 Å². The van der Waals surface area contributed by atoms with Gasteiger partial charge in [0.15, 0.2) is 0 Å². The molecule has 1 aromatic heterocycles. The largest absolute Gasteiger partial charge is 0.395 e. The normalized spacial score (nSPS) is 14.5. The Morgan fingerprint density at radius 2 is 2.23 bits per heavy atom. The van der Waals surface area contributed by atoms with Crippen LogP contribution in [0.25, 0.3) is 0 Å². The smallest absolute Gasteiger partial charge is 0.387 e. The number of hydrogen-bond acceptors (Lipinski definition) is 3. The molecule has 0 spiro atoms. The number of nitrogens with zero attached hydrogens (tertiary/aromatic N) is 1. The van der Waals surface area contributed by atoms with Crippen molar-refractivity contribution >= 4 is 11.3 Å². The molecule has 0 bridgehead atoms. The van der Waals surface area contributed by atoms with Crippen molar-refractivity contribution in [3.05, 3.63) is 16.1 Å². The minimum atomic E-state index is -4.23. The van der Waals surface area contributed by atoms with Gasteiger partial charge in [-0.3, -0.25) is 0 Å². The van der Waals surface area contributed by atoms with Crippen molar-refractivity contribution in [2.24, 2.45) is 0 Å². The van der Waals surface area contributed by atoms with Gasteiger partial charge in [-0.05, 0) is 6.92 Å². The number of thiazole rings is 1. The molecule has 0 radical (unpaired) electrons. The zero-order valence-electron chi connectivity index (χ0n) is 6.80. The Hall–Kier alpha value is -0.620. The second-order valence-corrected chi connectivity index (χ2v) is 3.58. The maximum absolute atomic E-state index is 11.9. The molecule has 13 heavy (non-hydrogen) atoms. The van der Waals surface area contributed by atoms with E-state index in [1.807, 2.05) is 0 Å². The fraction of sp³-hybridized carbons (Fsp3) is 0.571. The van der Waals surface area contributed by atoms with Crippen LogP contribution in [0.3, 0.4) is 0 Å². The molecule has 0 amide bonds. The van der Waals surface area contributed by atoms with Crippen molar-refractivity contribution in [1.29, 1.82) is 0 Å². The van der Waals surface area contributed by atoms with Gasteiger partial charge >= 0.3 is 6.18 Å². The lowest BCUT2D eigenvalue weighted by atomic mass is 10.3. The molecule has 1 atom stereocenters. The summed E-state index contributed by atoms with van der Waals surface area (Å²) in [7, 11) is 0. The van der Waals surface area contributed by atoms with Crippen LogP contribution in [0.2, 0.25) is 0 Å². The second-order valence-electron chi connectivity index (χ2n) is 2.63. The minimum Gasteiger partial charge on any atom is -0.387 e. The van der Waals surface area contributed by atoms with Crippen LogP contribution in [-0.2, 0) is 6.42 Å². The molecule has 1 aromatic rings. The van der Waals surface area contributed by atoms with E-state index >= 15 is 0 Å². The molecule has 0 aliphatic rings. The summed E-state index contributed by atoms with van der Waals surface area (Å²) in [6, 6.07) is 0. The third-order valence-corrected chi connectivity index (χ3v) is 2.22. The van der Waals surface area contributed by atoms with Crippen molar-refractivity contribution < 1.29 is 18.3 Å². The standard InChI is InChI=1S/C7H8F3NOS/c1-4(12)5-3-13-6(11-5)2-7(8,9)10/h3-4,12H,2H2,1H3. The monoisotopic (exact) mass is 211 g/mol. The van der Waals surface area contributed by atoms with E-state index in [4.69, 9.17) is 5.11 Å². The maximum atomic E-state index is 11.9. The zero-order chi connectivity index (χ0) is 10.1. The molecule has 1 N–H and O–H groups in total.